The average molecular weight is 424 g/mol. The van der Waals surface area contributed by atoms with E-state index in [0.29, 0.717) is 11.5 Å². The normalized spacial score (nSPS) is 17.1. The number of carbonyl (C=O) groups excluding carboxylic acids is 1. The lowest BCUT2D eigenvalue weighted by Crippen LogP contribution is -2.40. The van der Waals surface area contributed by atoms with Crippen LogP contribution in [0.3, 0.4) is 0 Å². The number of fused-ring (bicyclic) bond motifs is 2. The van der Waals surface area contributed by atoms with Crippen molar-refractivity contribution in [2.75, 3.05) is 18.0 Å². The molecular formula is C22H25N5O2S. The van der Waals surface area contributed by atoms with Crippen LogP contribution in [0.4, 0.5) is 5.13 Å². The van der Waals surface area contributed by atoms with Gasteiger partial charge in [-0.25, -0.2) is 4.98 Å². The lowest BCUT2D eigenvalue weighted by molar-refractivity contribution is -0.125. The summed E-state index contributed by atoms with van der Waals surface area (Å²) < 4.78 is 1.48. The van der Waals surface area contributed by atoms with E-state index in [1.54, 1.807) is 0 Å². The molecule has 0 saturated carbocycles. The van der Waals surface area contributed by atoms with E-state index in [-0.39, 0.29) is 17.4 Å². The van der Waals surface area contributed by atoms with E-state index in [4.69, 9.17) is 4.98 Å². The van der Waals surface area contributed by atoms with Crippen molar-refractivity contribution in [3.05, 3.63) is 57.5 Å². The third-order valence-electron chi connectivity index (χ3n) is 6.11. The number of aromatic nitrogens is 3. The summed E-state index contributed by atoms with van der Waals surface area (Å²) in [7, 11) is 0. The van der Waals surface area contributed by atoms with Gasteiger partial charge in [0.25, 0.3) is 5.56 Å². The molecule has 0 atom stereocenters. The summed E-state index contributed by atoms with van der Waals surface area (Å²) in [6.45, 7) is 2.09. The summed E-state index contributed by atoms with van der Waals surface area (Å²) >= 11 is 1.47. The van der Waals surface area contributed by atoms with Gasteiger partial charge in [0.1, 0.15) is 0 Å². The molecule has 7 nitrogen and oxygen atoms in total. The van der Waals surface area contributed by atoms with Gasteiger partial charge >= 0.3 is 0 Å². The minimum absolute atomic E-state index is 0.00706. The van der Waals surface area contributed by atoms with Crippen molar-refractivity contribution in [1.82, 2.24) is 19.9 Å². The molecule has 1 aromatic carbocycles. The van der Waals surface area contributed by atoms with Crippen molar-refractivity contribution in [3.8, 4) is 0 Å². The predicted molar refractivity (Wildman–Crippen MR) is 117 cm³/mol. The number of carbonyl (C=O) groups is 1. The van der Waals surface area contributed by atoms with Crippen LogP contribution in [-0.2, 0) is 24.2 Å². The fourth-order valence-electron chi connectivity index (χ4n) is 4.35. The van der Waals surface area contributed by atoms with Gasteiger partial charge < -0.3 is 10.2 Å². The van der Waals surface area contributed by atoms with Crippen LogP contribution < -0.4 is 15.8 Å². The van der Waals surface area contributed by atoms with Crippen LogP contribution in [0.2, 0.25) is 0 Å². The Labute approximate surface area is 178 Å². The van der Waals surface area contributed by atoms with Gasteiger partial charge in [-0.2, -0.15) is 4.52 Å². The number of hydrogen-bond acceptors (Lipinski definition) is 6. The molecule has 1 aliphatic heterocycles. The molecule has 3 aromatic rings. The third-order valence-corrected chi connectivity index (χ3v) is 7.08. The van der Waals surface area contributed by atoms with E-state index in [2.05, 4.69) is 15.3 Å². The first-order chi connectivity index (χ1) is 14.7. The Morgan fingerprint density at radius 2 is 1.90 bits per heavy atom. The molecule has 1 fully saturated rings. The molecule has 2 aromatic heterocycles. The predicted octanol–water partition coefficient (Wildman–Crippen LogP) is 2.56. The first kappa shape index (κ1) is 19.2. The summed E-state index contributed by atoms with van der Waals surface area (Å²) in [5, 5.41) is 8.46. The molecule has 1 amide bonds. The molecule has 30 heavy (non-hydrogen) atoms. The Kier molecular flexibility index (Phi) is 5.25. The molecule has 0 unspecified atom stereocenters. The fourth-order valence-corrected chi connectivity index (χ4v) is 5.32. The lowest BCUT2D eigenvalue weighted by Gasteiger charge is -2.30. The number of anilines is 1. The van der Waals surface area contributed by atoms with Crippen LogP contribution in [0, 0.1) is 5.92 Å². The maximum absolute atomic E-state index is 12.8. The van der Waals surface area contributed by atoms with Gasteiger partial charge in [-0.15, -0.1) is 5.10 Å². The number of nitrogens with zero attached hydrogens (tertiary/aromatic N) is 4. The maximum Gasteiger partial charge on any atom is 0.278 e. The monoisotopic (exact) mass is 423 g/mol. The first-order valence-electron chi connectivity index (χ1n) is 10.7. The van der Waals surface area contributed by atoms with Crippen molar-refractivity contribution in [1.29, 1.82) is 0 Å². The third kappa shape index (κ3) is 3.71. The molecule has 5 rings (SSSR count). The molecular weight excluding hydrogens is 398 g/mol. The summed E-state index contributed by atoms with van der Waals surface area (Å²) in [5.74, 6) is 0.140. The van der Waals surface area contributed by atoms with Gasteiger partial charge in [-0.3, -0.25) is 9.59 Å². The van der Waals surface area contributed by atoms with Crippen LogP contribution in [0.1, 0.15) is 42.5 Å². The first-order valence-corrected chi connectivity index (χ1v) is 11.5. The number of aryl methyl sites for hydroxylation is 1. The Hall–Kier alpha value is -2.74. The van der Waals surface area contributed by atoms with Crippen molar-refractivity contribution in [3.63, 3.8) is 0 Å². The van der Waals surface area contributed by atoms with Crippen molar-refractivity contribution >= 4 is 27.3 Å². The van der Waals surface area contributed by atoms with Crippen molar-refractivity contribution in [2.45, 2.75) is 45.1 Å². The van der Waals surface area contributed by atoms with Gasteiger partial charge in [-0.1, -0.05) is 41.7 Å². The lowest BCUT2D eigenvalue weighted by atomic mass is 9.96. The highest BCUT2D eigenvalue weighted by molar-refractivity contribution is 7.20. The summed E-state index contributed by atoms with van der Waals surface area (Å²) in [6, 6.07) is 9.97. The zero-order valence-corrected chi connectivity index (χ0v) is 17.7. The number of piperidine rings is 1. The minimum atomic E-state index is -0.00706. The smallest absolute Gasteiger partial charge is 0.278 e. The van der Waals surface area contributed by atoms with Gasteiger partial charge in [0.15, 0.2) is 0 Å². The number of rotatable bonds is 4. The largest absolute Gasteiger partial charge is 0.352 e. The van der Waals surface area contributed by atoms with Crippen LogP contribution in [0.15, 0.2) is 35.1 Å². The fraction of sp³-hybridized carbons (Fsp3) is 0.455. The van der Waals surface area contributed by atoms with Crippen molar-refractivity contribution in [2.24, 2.45) is 5.92 Å². The second-order valence-electron chi connectivity index (χ2n) is 8.09. The van der Waals surface area contributed by atoms with Gasteiger partial charge in [0, 0.05) is 31.1 Å². The molecule has 2 aliphatic rings. The van der Waals surface area contributed by atoms with E-state index in [1.807, 2.05) is 30.3 Å². The van der Waals surface area contributed by atoms with Gasteiger partial charge in [-0.05, 0) is 44.1 Å². The maximum atomic E-state index is 12.8. The quantitative estimate of drug-likeness (QED) is 0.698. The summed E-state index contributed by atoms with van der Waals surface area (Å²) in [6.07, 6.45) is 5.41. The summed E-state index contributed by atoms with van der Waals surface area (Å²) in [5.41, 5.74) is 2.89. The Balaban J connectivity index is 1.24. The second-order valence-corrected chi connectivity index (χ2v) is 9.03. The van der Waals surface area contributed by atoms with Crippen LogP contribution in [-0.4, -0.2) is 33.6 Å². The van der Waals surface area contributed by atoms with Crippen LogP contribution in [0.25, 0.3) is 4.96 Å². The number of benzene rings is 1. The second kappa shape index (κ2) is 8.18. The number of nitrogens with one attached hydrogen (secondary N) is 1. The van der Waals surface area contributed by atoms with E-state index < -0.39 is 0 Å². The topological polar surface area (TPSA) is 79.6 Å². The standard InChI is InChI=1S/C22H25N5O2S/c28-19(23-14-15-6-2-1-3-7-15)16-10-12-26(13-11-16)22-25-27-20(29)17-8-4-5-9-18(17)24-21(27)30-22/h1-3,6-7,16H,4-5,8-14H2,(H,23,28). The molecule has 1 N–H and O–H groups in total. The van der Waals surface area contributed by atoms with Gasteiger partial charge in [0.2, 0.25) is 16.0 Å². The van der Waals surface area contributed by atoms with E-state index in [1.165, 1.54) is 15.9 Å². The Bertz CT molecular complexity index is 1120. The summed E-state index contributed by atoms with van der Waals surface area (Å²) in [4.78, 5) is 32.9. The van der Waals surface area contributed by atoms with Crippen LogP contribution >= 0.6 is 11.3 Å². The zero-order valence-electron chi connectivity index (χ0n) is 16.8. The number of hydrogen-bond donors (Lipinski definition) is 1. The highest BCUT2D eigenvalue weighted by Gasteiger charge is 2.27. The molecule has 0 bridgehead atoms. The molecule has 3 heterocycles. The zero-order chi connectivity index (χ0) is 20.5. The average Bonchev–Trinajstić information content (AvgIpc) is 3.23. The molecule has 8 heteroatoms. The molecule has 1 saturated heterocycles. The molecule has 0 spiro atoms. The van der Waals surface area contributed by atoms with E-state index in [9.17, 15) is 9.59 Å². The van der Waals surface area contributed by atoms with Crippen LogP contribution in [0.5, 0.6) is 0 Å². The SMILES string of the molecule is O=C(NCc1ccccc1)C1CCN(c2nn3c(=O)c4c(nc3s2)CCCC4)CC1. The molecule has 1 aliphatic carbocycles. The Morgan fingerprint density at radius 1 is 1.13 bits per heavy atom. The molecule has 156 valence electrons. The van der Waals surface area contributed by atoms with E-state index >= 15 is 0 Å². The van der Waals surface area contributed by atoms with E-state index in [0.717, 1.165) is 73.6 Å². The van der Waals surface area contributed by atoms with Gasteiger partial charge in [0.05, 0.1) is 5.69 Å². The highest BCUT2D eigenvalue weighted by Crippen LogP contribution is 2.28. The minimum Gasteiger partial charge on any atom is -0.352 e. The number of amides is 1. The Morgan fingerprint density at radius 3 is 2.70 bits per heavy atom. The highest BCUT2D eigenvalue weighted by atomic mass is 32.1. The van der Waals surface area contributed by atoms with Crippen molar-refractivity contribution < 1.29 is 4.79 Å². The molecule has 0 radical (unpaired) electrons.